The molecule has 0 bridgehead atoms. The molecule has 0 saturated carbocycles. The number of hydrogen-bond donors (Lipinski definition) is 0. The molecule has 2 heterocycles. The van der Waals surface area contributed by atoms with E-state index in [0.717, 1.165) is 16.8 Å². The first-order chi connectivity index (χ1) is 18.0. The van der Waals surface area contributed by atoms with E-state index in [4.69, 9.17) is 4.74 Å². The van der Waals surface area contributed by atoms with Gasteiger partial charge in [0, 0.05) is 45.3 Å². The minimum atomic E-state index is -3.67. The molecule has 192 valence electrons. The van der Waals surface area contributed by atoms with Gasteiger partial charge in [-0.1, -0.05) is 54.6 Å². The van der Waals surface area contributed by atoms with Gasteiger partial charge < -0.3 is 14.5 Å². The Hall–Kier alpha value is -3.62. The number of piperazine rings is 1. The molecule has 7 nitrogen and oxygen atoms in total. The maximum atomic E-state index is 13.6. The molecule has 3 aromatic rings. The van der Waals surface area contributed by atoms with Crippen molar-refractivity contribution in [1.82, 2.24) is 9.21 Å². The van der Waals surface area contributed by atoms with Gasteiger partial charge in [-0.15, -0.1) is 0 Å². The molecule has 1 saturated heterocycles. The monoisotopic (exact) mass is 517 g/mol. The molecule has 0 aromatic heterocycles. The van der Waals surface area contributed by atoms with Crippen LogP contribution in [0.5, 0.6) is 5.75 Å². The van der Waals surface area contributed by atoms with E-state index < -0.39 is 10.0 Å². The highest BCUT2D eigenvalue weighted by atomic mass is 32.2. The second-order valence-electron chi connectivity index (χ2n) is 9.25. The lowest BCUT2D eigenvalue weighted by Crippen LogP contribution is -2.48. The maximum absolute atomic E-state index is 13.6. The predicted octanol–water partition coefficient (Wildman–Crippen LogP) is 3.80. The molecule has 0 spiro atoms. The summed E-state index contributed by atoms with van der Waals surface area (Å²) in [7, 11) is -2.09. The van der Waals surface area contributed by atoms with Crippen LogP contribution in [-0.4, -0.2) is 63.4 Å². The van der Waals surface area contributed by atoms with Crippen molar-refractivity contribution in [3.8, 4) is 5.75 Å². The molecule has 1 fully saturated rings. The smallest absolute Gasteiger partial charge is 0.246 e. The molecule has 0 atom stereocenters. The molecule has 0 N–H and O–H groups in total. The first-order valence-corrected chi connectivity index (χ1v) is 13.9. The molecular weight excluding hydrogens is 486 g/mol. The fourth-order valence-corrected chi connectivity index (χ4v) is 6.35. The van der Waals surface area contributed by atoms with E-state index in [1.165, 1.54) is 5.56 Å². The largest absolute Gasteiger partial charge is 0.495 e. The van der Waals surface area contributed by atoms with E-state index in [9.17, 15) is 13.2 Å². The van der Waals surface area contributed by atoms with E-state index in [2.05, 4.69) is 11.0 Å². The van der Waals surface area contributed by atoms with Gasteiger partial charge in [-0.2, -0.15) is 4.31 Å². The van der Waals surface area contributed by atoms with E-state index in [1.54, 1.807) is 35.7 Å². The van der Waals surface area contributed by atoms with Crippen molar-refractivity contribution in [2.75, 3.05) is 44.7 Å². The number of amides is 1. The minimum absolute atomic E-state index is 0.0304. The highest BCUT2D eigenvalue weighted by Gasteiger charge is 2.30. The second-order valence-corrected chi connectivity index (χ2v) is 11.2. The second kappa shape index (κ2) is 10.8. The van der Waals surface area contributed by atoms with Crippen LogP contribution < -0.4 is 9.64 Å². The zero-order valence-corrected chi connectivity index (χ0v) is 21.7. The van der Waals surface area contributed by atoms with E-state index in [-0.39, 0.29) is 10.8 Å². The summed E-state index contributed by atoms with van der Waals surface area (Å²) in [5, 5.41) is 0. The fraction of sp³-hybridized carbons (Fsp3) is 0.276. The van der Waals surface area contributed by atoms with E-state index in [0.29, 0.717) is 51.4 Å². The number of methoxy groups -OCH3 is 1. The maximum Gasteiger partial charge on any atom is 0.246 e. The zero-order valence-electron chi connectivity index (χ0n) is 20.9. The van der Waals surface area contributed by atoms with Crippen LogP contribution in [0.4, 0.5) is 5.69 Å². The third-order valence-corrected chi connectivity index (χ3v) is 8.87. The van der Waals surface area contributed by atoms with Crippen LogP contribution in [-0.2, 0) is 27.8 Å². The van der Waals surface area contributed by atoms with Crippen LogP contribution in [0.25, 0.3) is 6.08 Å². The first-order valence-electron chi connectivity index (χ1n) is 12.5. The topological polar surface area (TPSA) is 70.2 Å². The summed E-state index contributed by atoms with van der Waals surface area (Å²) in [4.78, 5) is 16.9. The fourth-order valence-electron chi connectivity index (χ4n) is 4.91. The molecule has 0 aliphatic carbocycles. The zero-order chi connectivity index (χ0) is 25.8. The van der Waals surface area contributed by atoms with Gasteiger partial charge in [0.2, 0.25) is 15.9 Å². The molecule has 2 aliphatic heterocycles. The highest BCUT2D eigenvalue weighted by molar-refractivity contribution is 7.89. The quantitative estimate of drug-likeness (QED) is 0.465. The standard InChI is InChI=1S/C29H31N3O4S/c1-36-28-13-12-26(37(34,35)32-16-15-24-9-5-6-10-25(24)22-32)21-27(28)30-17-19-31(20-18-30)29(33)14-11-23-7-3-2-4-8-23/h2-14,21H,15-20,22H2,1H3. The van der Waals surface area contributed by atoms with Crippen LogP contribution in [0.3, 0.4) is 0 Å². The Labute approximate surface area is 218 Å². The number of hydrogen-bond acceptors (Lipinski definition) is 5. The molecule has 37 heavy (non-hydrogen) atoms. The molecule has 0 unspecified atom stereocenters. The van der Waals surface area contributed by atoms with Gasteiger partial charge in [0.25, 0.3) is 0 Å². The molecule has 5 rings (SSSR count). The Morgan fingerprint density at radius 2 is 1.57 bits per heavy atom. The molecule has 1 amide bonds. The number of rotatable bonds is 6. The summed E-state index contributed by atoms with van der Waals surface area (Å²) < 4.78 is 34.3. The van der Waals surface area contributed by atoms with Gasteiger partial charge in [-0.3, -0.25) is 4.79 Å². The summed E-state index contributed by atoms with van der Waals surface area (Å²) in [6.07, 6.45) is 4.13. The van der Waals surface area contributed by atoms with Gasteiger partial charge in [-0.25, -0.2) is 8.42 Å². The Bertz CT molecular complexity index is 1400. The molecule has 0 radical (unpaired) electrons. The lowest BCUT2D eigenvalue weighted by atomic mass is 10.0. The summed E-state index contributed by atoms with van der Waals surface area (Å²) in [5.74, 6) is 0.587. The number of nitrogens with zero attached hydrogens (tertiary/aromatic N) is 3. The molecule has 3 aromatic carbocycles. The van der Waals surface area contributed by atoms with Crippen molar-refractivity contribution in [2.24, 2.45) is 0 Å². The number of carbonyl (C=O) groups excluding carboxylic acids is 1. The number of sulfonamides is 1. The third-order valence-electron chi connectivity index (χ3n) is 7.03. The highest BCUT2D eigenvalue weighted by Crippen LogP contribution is 2.34. The van der Waals surface area contributed by atoms with Crippen molar-refractivity contribution in [3.63, 3.8) is 0 Å². The first kappa shape index (κ1) is 25.0. The Morgan fingerprint density at radius 3 is 2.30 bits per heavy atom. The average Bonchev–Trinajstić information content (AvgIpc) is 2.96. The molecule has 8 heteroatoms. The van der Waals surface area contributed by atoms with Crippen LogP contribution in [0, 0.1) is 0 Å². The number of anilines is 1. The summed E-state index contributed by atoms with van der Waals surface area (Å²) in [6.45, 7) is 3.08. The third kappa shape index (κ3) is 5.40. The molecule has 2 aliphatic rings. The summed E-state index contributed by atoms with van der Waals surface area (Å²) >= 11 is 0. The van der Waals surface area contributed by atoms with Crippen LogP contribution in [0.1, 0.15) is 16.7 Å². The van der Waals surface area contributed by atoms with Gasteiger partial charge in [0.05, 0.1) is 17.7 Å². The Morgan fingerprint density at radius 1 is 0.865 bits per heavy atom. The van der Waals surface area contributed by atoms with E-state index >= 15 is 0 Å². The number of fused-ring (bicyclic) bond motifs is 1. The lowest BCUT2D eigenvalue weighted by molar-refractivity contribution is -0.126. The van der Waals surface area contributed by atoms with Gasteiger partial charge in [-0.05, 0) is 47.4 Å². The van der Waals surface area contributed by atoms with E-state index in [1.807, 2.05) is 59.5 Å². The predicted molar refractivity (Wildman–Crippen MR) is 145 cm³/mol. The Balaban J connectivity index is 1.29. The van der Waals surface area contributed by atoms with Gasteiger partial charge in [0.1, 0.15) is 5.75 Å². The average molecular weight is 518 g/mol. The van der Waals surface area contributed by atoms with Gasteiger partial charge in [0.15, 0.2) is 0 Å². The van der Waals surface area contributed by atoms with Crippen molar-refractivity contribution in [1.29, 1.82) is 0 Å². The summed E-state index contributed by atoms with van der Waals surface area (Å²) in [5.41, 5.74) is 3.96. The summed E-state index contributed by atoms with van der Waals surface area (Å²) in [6, 6.07) is 22.8. The van der Waals surface area contributed by atoms with Crippen LogP contribution >= 0.6 is 0 Å². The van der Waals surface area contributed by atoms with Crippen LogP contribution in [0.2, 0.25) is 0 Å². The van der Waals surface area contributed by atoms with Crippen molar-refractivity contribution < 1.29 is 17.9 Å². The minimum Gasteiger partial charge on any atom is -0.495 e. The van der Waals surface area contributed by atoms with Crippen molar-refractivity contribution in [2.45, 2.75) is 17.9 Å². The number of carbonyl (C=O) groups is 1. The Kier molecular flexibility index (Phi) is 7.30. The van der Waals surface area contributed by atoms with Crippen LogP contribution in [0.15, 0.2) is 83.8 Å². The number of ether oxygens (including phenoxy) is 1. The SMILES string of the molecule is COc1ccc(S(=O)(=O)N2CCc3ccccc3C2)cc1N1CCN(C(=O)C=Cc2ccccc2)CC1. The normalized spacial score (nSPS) is 16.6. The molecular formula is C29H31N3O4S. The van der Waals surface area contributed by atoms with Crippen molar-refractivity contribution >= 4 is 27.7 Å². The number of benzene rings is 3. The van der Waals surface area contributed by atoms with Gasteiger partial charge >= 0.3 is 0 Å². The van der Waals surface area contributed by atoms with Crippen molar-refractivity contribution in [3.05, 3.63) is 95.6 Å². The lowest BCUT2D eigenvalue weighted by Gasteiger charge is -2.36.